The lowest BCUT2D eigenvalue weighted by atomic mass is 9.96. The summed E-state index contributed by atoms with van der Waals surface area (Å²) in [5, 5.41) is 2.98. The fraction of sp³-hybridized carbons (Fsp3) is 0.294. The van der Waals surface area contributed by atoms with E-state index in [0.717, 1.165) is 18.4 Å². The molecular formula is C17H16F3NO2S. The maximum atomic E-state index is 13.1. The molecule has 3 nitrogen and oxygen atoms in total. The van der Waals surface area contributed by atoms with E-state index in [1.54, 1.807) is 18.2 Å². The molecule has 128 valence electrons. The first-order chi connectivity index (χ1) is 11.3. The third-order valence-electron chi connectivity index (χ3n) is 4.36. The minimum Gasteiger partial charge on any atom is -0.383 e. The highest BCUT2D eigenvalue weighted by molar-refractivity contribution is 7.91. The van der Waals surface area contributed by atoms with Crippen LogP contribution in [0, 0.1) is 5.82 Å². The summed E-state index contributed by atoms with van der Waals surface area (Å²) < 4.78 is 62.2. The average molecular weight is 355 g/mol. The number of benzene rings is 2. The minimum absolute atomic E-state index is 0.159. The van der Waals surface area contributed by atoms with E-state index in [4.69, 9.17) is 0 Å². The molecule has 0 aliphatic heterocycles. The summed E-state index contributed by atoms with van der Waals surface area (Å²) in [5.41, 5.74) is 0.895. The SMILES string of the molecule is O=S(=O)(c1ccccc1NCC1(c2ccc(F)cc2)CC1)C(F)F. The summed E-state index contributed by atoms with van der Waals surface area (Å²) in [6.45, 7) is 0.397. The number of anilines is 1. The standard InChI is InChI=1S/C17H16F3NO2S/c18-13-7-5-12(6-8-13)17(9-10-17)11-21-14-3-1-2-4-15(14)24(22,23)16(19)20/h1-8,16,21H,9-11H2. The van der Waals surface area contributed by atoms with Crippen molar-refractivity contribution in [2.24, 2.45) is 0 Å². The second-order valence-electron chi connectivity index (χ2n) is 5.94. The van der Waals surface area contributed by atoms with E-state index >= 15 is 0 Å². The predicted molar refractivity (Wildman–Crippen MR) is 85.4 cm³/mol. The molecule has 1 fully saturated rings. The van der Waals surface area contributed by atoms with Crippen LogP contribution in [0.1, 0.15) is 18.4 Å². The maximum absolute atomic E-state index is 13.1. The van der Waals surface area contributed by atoms with Crippen LogP contribution in [0.5, 0.6) is 0 Å². The lowest BCUT2D eigenvalue weighted by Crippen LogP contribution is -2.21. The number of hydrogen-bond acceptors (Lipinski definition) is 3. The zero-order valence-corrected chi connectivity index (χ0v) is 13.5. The first-order valence-electron chi connectivity index (χ1n) is 7.46. The van der Waals surface area contributed by atoms with Crippen LogP contribution in [-0.4, -0.2) is 20.7 Å². The highest BCUT2D eigenvalue weighted by Gasteiger charge is 2.44. The van der Waals surface area contributed by atoms with Gasteiger partial charge in [0.25, 0.3) is 0 Å². The van der Waals surface area contributed by atoms with Crippen LogP contribution in [-0.2, 0) is 15.3 Å². The number of sulfone groups is 1. The van der Waals surface area contributed by atoms with Crippen molar-refractivity contribution >= 4 is 15.5 Å². The van der Waals surface area contributed by atoms with Gasteiger partial charge in [-0.15, -0.1) is 0 Å². The Morgan fingerprint density at radius 2 is 1.67 bits per heavy atom. The highest BCUT2D eigenvalue weighted by Crippen LogP contribution is 2.48. The Bertz CT molecular complexity index is 831. The van der Waals surface area contributed by atoms with Crippen LogP contribution in [0.4, 0.5) is 18.9 Å². The van der Waals surface area contributed by atoms with Crippen molar-refractivity contribution in [2.75, 3.05) is 11.9 Å². The van der Waals surface area contributed by atoms with Gasteiger partial charge in [0.1, 0.15) is 5.82 Å². The number of rotatable bonds is 6. The van der Waals surface area contributed by atoms with Gasteiger partial charge in [0.05, 0.1) is 10.6 Å². The van der Waals surface area contributed by atoms with Gasteiger partial charge in [0.2, 0.25) is 9.84 Å². The van der Waals surface area contributed by atoms with Crippen molar-refractivity contribution in [3.05, 3.63) is 59.9 Å². The lowest BCUT2D eigenvalue weighted by molar-refractivity contribution is 0.235. The summed E-state index contributed by atoms with van der Waals surface area (Å²) in [4.78, 5) is -0.407. The molecule has 1 aliphatic rings. The Kier molecular flexibility index (Phi) is 4.29. The number of halogens is 3. The number of nitrogens with one attached hydrogen (secondary N) is 1. The monoisotopic (exact) mass is 355 g/mol. The molecule has 0 atom stereocenters. The molecule has 2 aromatic carbocycles. The van der Waals surface area contributed by atoms with Crippen LogP contribution in [0.2, 0.25) is 0 Å². The van der Waals surface area contributed by atoms with Crippen LogP contribution >= 0.6 is 0 Å². The van der Waals surface area contributed by atoms with Crippen LogP contribution < -0.4 is 5.32 Å². The van der Waals surface area contributed by atoms with E-state index in [0.29, 0.717) is 6.54 Å². The first-order valence-corrected chi connectivity index (χ1v) is 9.01. The highest BCUT2D eigenvalue weighted by atomic mass is 32.2. The summed E-state index contributed by atoms with van der Waals surface area (Å²) in [6.07, 6.45) is 1.74. The number of alkyl halides is 2. The predicted octanol–water partition coefficient (Wildman–Crippen LogP) is 3.97. The molecule has 0 unspecified atom stereocenters. The molecule has 0 bridgehead atoms. The number of para-hydroxylation sites is 1. The quantitative estimate of drug-likeness (QED) is 0.853. The average Bonchev–Trinajstić information content (AvgIpc) is 3.35. The van der Waals surface area contributed by atoms with Crippen molar-refractivity contribution < 1.29 is 21.6 Å². The molecule has 0 amide bonds. The second-order valence-corrected chi connectivity index (χ2v) is 7.83. The van der Waals surface area contributed by atoms with Crippen LogP contribution in [0.3, 0.4) is 0 Å². The summed E-state index contributed by atoms with van der Waals surface area (Å²) >= 11 is 0. The molecule has 0 aromatic heterocycles. The van der Waals surface area contributed by atoms with Crippen molar-refractivity contribution in [1.82, 2.24) is 0 Å². The van der Waals surface area contributed by atoms with Crippen molar-refractivity contribution in [1.29, 1.82) is 0 Å². The molecule has 24 heavy (non-hydrogen) atoms. The van der Waals surface area contributed by atoms with E-state index in [2.05, 4.69) is 5.32 Å². The van der Waals surface area contributed by atoms with E-state index in [1.165, 1.54) is 30.3 Å². The number of hydrogen-bond donors (Lipinski definition) is 1. The van der Waals surface area contributed by atoms with E-state index in [1.807, 2.05) is 0 Å². The van der Waals surface area contributed by atoms with Gasteiger partial charge >= 0.3 is 5.76 Å². The molecule has 1 N–H and O–H groups in total. The van der Waals surface area contributed by atoms with E-state index in [-0.39, 0.29) is 16.9 Å². The Morgan fingerprint density at radius 3 is 2.25 bits per heavy atom. The van der Waals surface area contributed by atoms with Crippen molar-refractivity contribution in [2.45, 2.75) is 28.9 Å². The molecule has 2 aromatic rings. The topological polar surface area (TPSA) is 46.2 Å². The third-order valence-corrected chi connectivity index (χ3v) is 5.79. The van der Waals surface area contributed by atoms with Gasteiger partial charge in [-0.2, -0.15) is 8.78 Å². The second kappa shape index (κ2) is 6.12. The Balaban J connectivity index is 1.82. The van der Waals surface area contributed by atoms with Crippen molar-refractivity contribution in [3.8, 4) is 0 Å². The third kappa shape index (κ3) is 3.13. The van der Waals surface area contributed by atoms with Gasteiger partial charge in [-0.1, -0.05) is 24.3 Å². The summed E-state index contributed by atoms with van der Waals surface area (Å²) in [7, 11) is -4.67. The van der Waals surface area contributed by atoms with Crippen LogP contribution in [0.25, 0.3) is 0 Å². The summed E-state index contributed by atoms with van der Waals surface area (Å²) in [6, 6.07) is 11.8. The normalized spacial score (nSPS) is 16.2. The van der Waals surface area contributed by atoms with Gasteiger partial charge < -0.3 is 5.32 Å². The molecular weight excluding hydrogens is 339 g/mol. The fourth-order valence-corrected chi connectivity index (χ4v) is 3.65. The zero-order valence-electron chi connectivity index (χ0n) is 12.7. The molecule has 1 saturated carbocycles. The fourth-order valence-electron chi connectivity index (χ4n) is 2.74. The minimum atomic E-state index is -4.67. The molecule has 1 aliphatic carbocycles. The lowest BCUT2D eigenvalue weighted by Gasteiger charge is -2.19. The Hall–Kier alpha value is -2.02. The zero-order chi connectivity index (χ0) is 17.4. The van der Waals surface area contributed by atoms with Gasteiger partial charge in [-0.25, -0.2) is 12.8 Å². The Labute approximate surface area is 138 Å². The molecule has 0 saturated heterocycles. The van der Waals surface area contributed by atoms with Crippen molar-refractivity contribution in [3.63, 3.8) is 0 Å². The largest absolute Gasteiger partial charge is 0.383 e. The summed E-state index contributed by atoms with van der Waals surface area (Å²) in [5.74, 6) is -3.79. The van der Waals surface area contributed by atoms with Gasteiger partial charge in [-0.3, -0.25) is 0 Å². The molecule has 7 heteroatoms. The van der Waals surface area contributed by atoms with E-state index in [9.17, 15) is 21.6 Å². The van der Waals surface area contributed by atoms with E-state index < -0.39 is 20.5 Å². The first kappa shape index (κ1) is 16.8. The Morgan fingerprint density at radius 1 is 1.04 bits per heavy atom. The van der Waals surface area contributed by atoms with Gasteiger partial charge in [0.15, 0.2) is 0 Å². The smallest absolute Gasteiger partial charge is 0.341 e. The molecule has 0 radical (unpaired) electrons. The molecule has 3 rings (SSSR count). The molecule has 0 heterocycles. The maximum Gasteiger partial charge on any atom is 0.341 e. The van der Waals surface area contributed by atoms with Crippen LogP contribution in [0.15, 0.2) is 53.4 Å². The van der Waals surface area contributed by atoms with Gasteiger partial charge in [0, 0.05) is 12.0 Å². The molecule has 0 spiro atoms. The van der Waals surface area contributed by atoms with Gasteiger partial charge in [-0.05, 0) is 42.7 Å².